The molecule has 4 rings (SSSR count). The summed E-state index contributed by atoms with van der Waals surface area (Å²) in [5, 5.41) is 0. The summed E-state index contributed by atoms with van der Waals surface area (Å²) >= 11 is 4.34. The third-order valence-corrected chi connectivity index (χ3v) is 7.49. The van der Waals surface area contributed by atoms with Crippen LogP contribution in [0.5, 0.6) is 0 Å². The van der Waals surface area contributed by atoms with Crippen molar-refractivity contribution in [1.29, 1.82) is 0 Å². The quantitative estimate of drug-likeness (QED) is 0.592. The molecule has 3 aromatic rings. The summed E-state index contributed by atoms with van der Waals surface area (Å²) in [5.41, 5.74) is 1.56. The molecule has 0 atom stereocenters. The lowest BCUT2D eigenvalue weighted by Gasteiger charge is -2.34. The normalized spacial score (nSPS) is 16.0. The molecule has 7 nitrogen and oxygen atoms in total. The number of halogens is 1. The Hall–Kier alpha value is -1.88. The first-order valence-electron chi connectivity index (χ1n) is 8.23. The van der Waals surface area contributed by atoms with Crippen LogP contribution in [-0.4, -0.2) is 58.5 Å². The number of amides is 1. The maximum atomic E-state index is 13.0. The molecule has 1 saturated heterocycles. The Kier molecular flexibility index (Phi) is 4.97. The molecule has 1 aliphatic rings. The Morgan fingerprint density at radius 1 is 1.00 bits per heavy atom. The number of piperazine rings is 1. The van der Waals surface area contributed by atoms with Gasteiger partial charge in [-0.25, -0.2) is 8.42 Å². The second-order valence-electron chi connectivity index (χ2n) is 6.09. The summed E-state index contributed by atoms with van der Waals surface area (Å²) in [4.78, 5) is 14.5. The smallest absolute Gasteiger partial charge is 0.253 e. The Morgan fingerprint density at radius 3 is 2.41 bits per heavy atom. The van der Waals surface area contributed by atoms with Crippen LogP contribution in [0.2, 0.25) is 0 Å². The van der Waals surface area contributed by atoms with Gasteiger partial charge < -0.3 is 4.90 Å². The van der Waals surface area contributed by atoms with Gasteiger partial charge in [-0.05, 0) is 36.4 Å². The minimum atomic E-state index is -3.68. The SMILES string of the molecule is O=C(c1ccc(Br)cc1)N1CCN(S(=O)(=O)c2cccc3nsnc23)CC1. The maximum Gasteiger partial charge on any atom is 0.253 e. The van der Waals surface area contributed by atoms with Crippen LogP contribution in [0.1, 0.15) is 10.4 Å². The number of sulfonamides is 1. The molecule has 2 aromatic carbocycles. The zero-order valence-corrected chi connectivity index (χ0v) is 17.3. The molecule has 0 saturated carbocycles. The van der Waals surface area contributed by atoms with E-state index in [0.717, 1.165) is 16.2 Å². The van der Waals surface area contributed by atoms with Crippen LogP contribution in [0.15, 0.2) is 51.8 Å². The van der Waals surface area contributed by atoms with Crippen molar-refractivity contribution in [3.8, 4) is 0 Å². The Balaban J connectivity index is 1.51. The van der Waals surface area contributed by atoms with Crippen LogP contribution in [-0.2, 0) is 10.0 Å². The molecular formula is C17H15BrN4O3S2. The number of hydrogen-bond acceptors (Lipinski definition) is 6. The van der Waals surface area contributed by atoms with Gasteiger partial charge in [0.15, 0.2) is 0 Å². The molecule has 1 fully saturated rings. The zero-order chi connectivity index (χ0) is 19.0. The maximum absolute atomic E-state index is 13.0. The van der Waals surface area contributed by atoms with Crippen LogP contribution in [0.25, 0.3) is 11.0 Å². The number of hydrogen-bond donors (Lipinski definition) is 0. The summed E-state index contributed by atoms with van der Waals surface area (Å²) in [6.45, 7) is 1.19. The van der Waals surface area contributed by atoms with Gasteiger partial charge >= 0.3 is 0 Å². The van der Waals surface area contributed by atoms with E-state index in [1.165, 1.54) is 4.31 Å². The lowest BCUT2D eigenvalue weighted by molar-refractivity contribution is 0.0698. The number of aromatic nitrogens is 2. The summed E-state index contributed by atoms with van der Waals surface area (Å²) in [5.74, 6) is -0.0923. The molecule has 2 heterocycles. The third-order valence-electron chi connectivity index (χ3n) is 4.48. The van der Waals surface area contributed by atoms with Crippen LogP contribution >= 0.6 is 27.7 Å². The first-order chi connectivity index (χ1) is 13.0. The van der Waals surface area contributed by atoms with Gasteiger partial charge in [0.2, 0.25) is 10.0 Å². The van der Waals surface area contributed by atoms with Crippen LogP contribution in [0, 0.1) is 0 Å². The molecule has 0 radical (unpaired) electrons. The predicted molar refractivity (Wildman–Crippen MR) is 106 cm³/mol. The van der Waals surface area contributed by atoms with Crippen molar-refractivity contribution in [3.05, 3.63) is 52.5 Å². The lowest BCUT2D eigenvalue weighted by atomic mass is 10.2. The van der Waals surface area contributed by atoms with Crippen molar-refractivity contribution in [2.75, 3.05) is 26.2 Å². The van der Waals surface area contributed by atoms with Gasteiger partial charge in [-0.3, -0.25) is 4.79 Å². The fourth-order valence-corrected chi connectivity index (χ4v) is 5.47. The number of fused-ring (bicyclic) bond motifs is 1. The van der Waals surface area contributed by atoms with Crippen molar-refractivity contribution in [3.63, 3.8) is 0 Å². The number of nitrogens with zero attached hydrogens (tertiary/aromatic N) is 4. The third kappa shape index (κ3) is 3.49. The summed E-state index contributed by atoms with van der Waals surface area (Å²) in [7, 11) is -3.68. The molecule has 0 spiro atoms. The number of carbonyl (C=O) groups is 1. The van der Waals surface area contributed by atoms with E-state index in [0.29, 0.717) is 29.7 Å². The topological polar surface area (TPSA) is 83.5 Å². The Labute approximate surface area is 169 Å². The molecule has 0 aliphatic carbocycles. The number of benzene rings is 2. The van der Waals surface area contributed by atoms with E-state index in [1.807, 2.05) is 12.1 Å². The number of carbonyl (C=O) groups excluding carboxylic acids is 1. The van der Waals surface area contributed by atoms with Crippen molar-refractivity contribution in [1.82, 2.24) is 18.0 Å². The van der Waals surface area contributed by atoms with E-state index in [-0.39, 0.29) is 23.9 Å². The monoisotopic (exact) mass is 466 g/mol. The first kappa shape index (κ1) is 18.5. The van der Waals surface area contributed by atoms with Gasteiger partial charge in [0.1, 0.15) is 15.9 Å². The molecule has 27 heavy (non-hydrogen) atoms. The molecule has 1 aliphatic heterocycles. The van der Waals surface area contributed by atoms with Crippen molar-refractivity contribution in [2.45, 2.75) is 4.90 Å². The minimum Gasteiger partial charge on any atom is -0.336 e. The van der Waals surface area contributed by atoms with E-state index >= 15 is 0 Å². The molecule has 1 amide bonds. The summed E-state index contributed by atoms with van der Waals surface area (Å²) < 4.78 is 36.6. The van der Waals surface area contributed by atoms with Crippen LogP contribution < -0.4 is 0 Å². The average Bonchev–Trinajstić information content (AvgIpc) is 3.17. The fourth-order valence-electron chi connectivity index (χ4n) is 3.04. The highest BCUT2D eigenvalue weighted by atomic mass is 79.9. The lowest BCUT2D eigenvalue weighted by Crippen LogP contribution is -2.50. The largest absolute Gasteiger partial charge is 0.336 e. The molecular weight excluding hydrogens is 452 g/mol. The van der Waals surface area contributed by atoms with Gasteiger partial charge in [-0.15, -0.1) is 0 Å². The van der Waals surface area contributed by atoms with Gasteiger partial charge in [-0.1, -0.05) is 22.0 Å². The highest BCUT2D eigenvalue weighted by molar-refractivity contribution is 9.10. The Morgan fingerprint density at radius 2 is 1.70 bits per heavy atom. The second kappa shape index (κ2) is 7.27. The van der Waals surface area contributed by atoms with Gasteiger partial charge in [0, 0.05) is 36.2 Å². The molecule has 140 valence electrons. The molecule has 0 unspecified atom stereocenters. The van der Waals surface area contributed by atoms with Gasteiger partial charge in [0.05, 0.1) is 11.7 Å². The fraction of sp³-hybridized carbons (Fsp3) is 0.235. The van der Waals surface area contributed by atoms with Crippen molar-refractivity contribution >= 4 is 54.6 Å². The Bertz CT molecular complexity index is 1090. The van der Waals surface area contributed by atoms with E-state index in [9.17, 15) is 13.2 Å². The van der Waals surface area contributed by atoms with Crippen LogP contribution in [0.4, 0.5) is 0 Å². The number of rotatable bonds is 3. The van der Waals surface area contributed by atoms with Crippen molar-refractivity contribution in [2.24, 2.45) is 0 Å². The van der Waals surface area contributed by atoms with Crippen LogP contribution in [0.3, 0.4) is 0 Å². The van der Waals surface area contributed by atoms with Crippen molar-refractivity contribution < 1.29 is 13.2 Å². The highest BCUT2D eigenvalue weighted by Gasteiger charge is 2.32. The second-order valence-corrected chi connectivity index (χ2v) is 9.44. The molecule has 1 aromatic heterocycles. The average molecular weight is 467 g/mol. The molecule has 0 N–H and O–H groups in total. The molecule has 10 heteroatoms. The first-order valence-corrected chi connectivity index (χ1v) is 11.2. The van der Waals surface area contributed by atoms with E-state index in [1.54, 1.807) is 35.2 Å². The molecule has 0 bridgehead atoms. The summed E-state index contributed by atoms with van der Waals surface area (Å²) in [6, 6.07) is 12.1. The zero-order valence-electron chi connectivity index (χ0n) is 14.1. The van der Waals surface area contributed by atoms with Gasteiger partial charge in [-0.2, -0.15) is 13.1 Å². The highest BCUT2D eigenvalue weighted by Crippen LogP contribution is 2.25. The predicted octanol–water partition coefficient (Wildman–Crippen LogP) is 2.60. The minimum absolute atomic E-state index is 0.0923. The van der Waals surface area contributed by atoms with Gasteiger partial charge in [0.25, 0.3) is 5.91 Å². The van der Waals surface area contributed by atoms with E-state index < -0.39 is 10.0 Å². The summed E-state index contributed by atoms with van der Waals surface area (Å²) in [6.07, 6.45) is 0. The van der Waals surface area contributed by atoms with E-state index in [2.05, 4.69) is 24.7 Å². The van der Waals surface area contributed by atoms with E-state index in [4.69, 9.17) is 0 Å². The standard InChI is InChI=1S/C17H15BrN4O3S2/c18-13-6-4-12(5-7-13)17(23)21-8-10-22(11-9-21)27(24,25)15-3-1-2-14-16(15)20-26-19-14/h1-7H,8-11H2.